The minimum Gasteiger partial charge on any atom is -0.473 e. The fraction of sp³-hybridized carbons (Fsp3) is 0.750. The predicted octanol–water partition coefficient (Wildman–Crippen LogP) is 3.15. The van der Waals surface area contributed by atoms with Crippen LogP contribution in [0.2, 0.25) is 0 Å². The summed E-state index contributed by atoms with van der Waals surface area (Å²) >= 11 is 0. The summed E-state index contributed by atoms with van der Waals surface area (Å²) in [7, 11) is 0. The fourth-order valence-corrected chi connectivity index (χ4v) is 3.48. The van der Waals surface area contributed by atoms with Gasteiger partial charge in [-0.3, -0.25) is 0 Å². The molecule has 0 amide bonds. The van der Waals surface area contributed by atoms with Crippen LogP contribution in [0.15, 0.2) is 0 Å². The van der Waals surface area contributed by atoms with Gasteiger partial charge in [0.1, 0.15) is 6.10 Å². The van der Waals surface area contributed by atoms with Gasteiger partial charge in [-0.15, -0.1) is 5.10 Å². The van der Waals surface area contributed by atoms with Gasteiger partial charge in [-0.1, -0.05) is 20.8 Å². The van der Waals surface area contributed by atoms with E-state index in [1.165, 1.54) is 6.42 Å². The molecule has 1 saturated carbocycles. The molecule has 0 saturated heterocycles. The smallest absolute Gasteiger partial charge is 0.238 e. The lowest BCUT2D eigenvalue weighted by Crippen LogP contribution is -2.34. The zero-order valence-electron chi connectivity index (χ0n) is 13.4. The molecule has 1 aliphatic rings. The van der Waals surface area contributed by atoms with Gasteiger partial charge in [-0.05, 0) is 50.0 Å². The highest BCUT2D eigenvalue weighted by Gasteiger charge is 2.33. The van der Waals surface area contributed by atoms with Crippen LogP contribution in [0.3, 0.4) is 0 Å². The molecule has 1 aromatic rings. The Labute approximate surface area is 122 Å². The first-order valence-electron chi connectivity index (χ1n) is 7.52. The number of aromatic nitrogens is 2. The normalized spacial score (nSPS) is 25.5. The highest BCUT2D eigenvalue weighted by molar-refractivity contribution is 5.35. The van der Waals surface area contributed by atoms with Crippen LogP contribution in [0.1, 0.15) is 56.9 Å². The molecule has 1 fully saturated rings. The monoisotopic (exact) mass is 277 g/mol. The average Bonchev–Trinajstić information content (AvgIpc) is 2.32. The van der Waals surface area contributed by atoms with Gasteiger partial charge in [0.05, 0.1) is 5.69 Å². The van der Waals surface area contributed by atoms with Gasteiger partial charge in [0.15, 0.2) is 0 Å². The van der Waals surface area contributed by atoms with Crippen molar-refractivity contribution in [2.45, 2.75) is 66.5 Å². The summed E-state index contributed by atoms with van der Waals surface area (Å²) < 4.78 is 6.17. The molecule has 0 radical (unpaired) electrons. The van der Waals surface area contributed by atoms with E-state index in [1.807, 2.05) is 13.8 Å². The van der Waals surface area contributed by atoms with Crippen molar-refractivity contribution in [2.75, 3.05) is 0 Å². The lowest BCUT2D eigenvalue weighted by Gasteiger charge is -2.38. The summed E-state index contributed by atoms with van der Waals surface area (Å²) in [5.41, 5.74) is 9.21. The first-order valence-corrected chi connectivity index (χ1v) is 7.52. The molecule has 112 valence electrons. The van der Waals surface area contributed by atoms with E-state index in [1.54, 1.807) is 0 Å². The summed E-state index contributed by atoms with van der Waals surface area (Å²) in [5, 5.41) is 8.40. The maximum Gasteiger partial charge on any atom is 0.238 e. The molecule has 4 heteroatoms. The van der Waals surface area contributed by atoms with Crippen LogP contribution >= 0.6 is 0 Å². The maximum atomic E-state index is 6.17. The molecule has 0 spiro atoms. The first kappa shape index (κ1) is 15.2. The van der Waals surface area contributed by atoms with Crippen molar-refractivity contribution < 1.29 is 4.74 Å². The quantitative estimate of drug-likeness (QED) is 0.922. The largest absolute Gasteiger partial charge is 0.473 e. The van der Waals surface area contributed by atoms with Crippen molar-refractivity contribution in [1.29, 1.82) is 0 Å². The molecule has 2 unspecified atom stereocenters. The minimum absolute atomic E-state index is 0.218. The van der Waals surface area contributed by atoms with Crippen molar-refractivity contribution in [2.24, 2.45) is 17.1 Å². The number of rotatable bonds is 3. The highest BCUT2D eigenvalue weighted by atomic mass is 16.5. The topological polar surface area (TPSA) is 61.0 Å². The van der Waals surface area contributed by atoms with Gasteiger partial charge >= 0.3 is 0 Å². The van der Waals surface area contributed by atoms with E-state index >= 15 is 0 Å². The maximum absolute atomic E-state index is 6.17. The van der Waals surface area contributed by atoms with Crippen LogP contribution in [0.5, 0.6) is 5.88 Å². The minimum atomic E-state index is 0.218. The molecule has 2 N–H and O–H groups in total. The summed E-state index contributed by atoms with van der Waals surface area (Å²) in [6.45, 7) is 11.4. The van der Waals surface area contributed by atoms with Crippen LogP contribution in [0.25, 0.3) is 0 Å². The number of ether oxygens (including phenoxy) is 1. The Balaban J connectivity index is 2.20. The van der Waals surface area contributed by atoms with Crippen molar-refractivity contribution in [3.63, 3.8) is 0 Å². The number of nitrogens with zero attached hydrogens (tertiary/aromatic N) is 2. The van der Waals surface area contributed by atoms with E-state index in [9.17, 15) is 0 Å². The van der Waals surface area contributed by atoms with E-state index in [4.69, 9.17) is 10.5 Å². The van der Waals surface area contributed by atoms with Crippen molar-refractivity contribution >= 4 is 0 Å². The Morgan fingerprint density at radius 3 is 2.55 bits per heavy atom. The summed E-state index contributed by atoms with van der Waals surface area (Å²) in [5.74, 6) is 1.31. The second kappa shape index (κ2) is 5.68. The lowest BCUT2D eigenvalue weighted by molar-refractivity contribution is 0.0518. The average molecular weight is 277 g/mol. The third kappa shape index (κ3) is 3.29. The molecule has 2 atom stereocenters. The molecule has 2 rings (SSSR count). The molecular formula is C16H27N3O. The van der Waals surface area contributed by atoms with E-state index in [2.05, 4.69) is 31.0 Å². The van der Waals surface area contributed by atoms with Gasteiger partial charge in [0.25, 0.3) is 0 Å². The molecule has 4 nitrogen and oxygen atoms in total. The Hall–Kier alpha value is -1.16. The molecule has 0 aromatic carbocycles. The molecule has 20 heavy (non-hydrogen) atoms. The Kier molecular flexibility index (Phi) is 4.33. The molecule has 0 bridgehead atoms. The standard InChI is InChI=1S/C16H27N3O/c1-10-6-13(8-16(4,5)7-10)20-15-14(9-17)11(2)12(3)18-19-15/h10,13H,6-9,17H2,1-5H3. The second-order valence-electron chi connectivity index (χ2n) is 7.05. The molecule has 1 aliphatic carbocycles. The van der Waals surface area contributed by atoms with Crippen LogP contribution in [-0.2, 0) is 6.54 Å². The molecule has 1 heterocycles. The lowest BCUT2D eigenvalue weighted by atomic mass is 9.71. The number of nitrogens with two attached hydrogens (primary N) is 1. The van der Waals surface area contributed by atoms with Crippen molar-refractivity contribution in [1.82, 2.24) is 10.2 Å². The fourth-order valence-electron chi connectivity index (χ4n) is 3.48. The van der Waals surface area contributed by atoms with Gasteiger partial charge in [0, 0.05) is 12.1 Å². The van der Waals surface area contributed by atoms with Crippen LogP contribution in [0.4, 0.5) is 0 Å². The van der Waals surface area contributed by atoms with Crippen LogP contribution in [0, 0.1) is 25.2 Å². The Morgan fingerprint density at radius 1 is 1.25 bits per heavy atom. The van der Waals surface area contributed by atoms with Crippen molar-refractivity contribution in [3.8, 4) is 5.88 Å². The van der Waals surface area contributed by atoms with E-state index in [0.29, 0.717) is 23.8 Å². The predicted molar refractivity (Wildman–Crippen MR) is 80.6 cm³/mol. The summed E-state index contributed by atoms with van der Waals surface area (Å²) in [6, 6.07) is 0. The van der Waals surface area contributed by atoms with E-state index in [-0.39, 0.29) is 6.10 Å². The highest BCUT2D eigenvalue weighted by Crippen LogP contribution is 2.40. The number of hydrogen-bond acceptors (Lipinski definition) is 4. The Morgan fingerprint density at radius 2 is 1.95 bits per heavy atom. The number of aryl methyl sites for hydroxylation is 1. The second-order valence-corrected chi connectivity index (χ2v) is 7.05. The zero-order chi connectivity index (χ0) is 14.9. The molecular weight excluding hydrogens is 250 g/mol. The third-order valence-electron chi connectivity index (χ3n) is 4.37. The van der Waals surface area contributed by atoms with Gasteiger partial charge < -0.3 is 10.5 Å². The van der Waals surface area contributed by atoms with Crippen LogP contribution in [-0.4, -0.2) is 16.3 Å². The summed E-state index contributed by atoms with van der Waals surface area (Å²) in [4.78, 5) is 0. The first-order chi connectivity index (χ1) is 9.32. The molecule has 0 aliphatic heterocycles. The Bertz CT molecular complexity index is 485. The molecule has 1 aromatic heterocycles. The number of hydrogen-bond donors (Lipinski definition) is 1. The van der Waals surface area contributed by atoms with Crippen LogP contribution < -0.4 is 10.5 Å². The summed E-state index contributed by atoms with van der Waals surface area (Å²) in [6.07, 6.45) is 3.63. The van der Waals surface area contributed by atoms with Gasteiger partial charge in [-0.2, -0.15) is 5.10 Å². The van der Waals surface area contributed by atoms with Gasteiger partial charge in [-0.25, -0.2) is 0 Å². The third-order valence-corrected chi connectivity index (χ3v) is 4.37. The van der Waals surface area contributed by atoms with E-state index < -0.39 is 0 Å². The zero-order valence-corrected chi connectivity index (χ0v) is 13.4. The van der Waals surface area contributed by atoms with Crippen molar-refractivity contribution in [3.05, 3.63) is 16.8 Å². The SMILES string of the molecule is Cc1nnc(OC2CC(C)CC(C)(C)C2)c(CN)c1C. The van der Waals surface area contributed by atoms with Gasteiger partial charge in [0.2, 0.25) is 5.88 Å². The van der Waals surface area contributed by atoms with E-state index in [0.717, 1.165) is 29.7 Å².